The summed E-state index contributed by atoms with van der Waals surface area (Å²) >= 11 is 1.70. The number of carbonyl (C=O) groups excluding carboxylic acids is 1. The number of nitrogens with zero attached hydrogens (tertiary/aromatic N) is 2. The summed E-state index contributed by atoms with van der Waals surface area (Å²) in [5.74, 6) is 0.131. The molecule has 0 aliphatic carbocycles. The molecule has 0 unspecified atom stereocenters. The van der Waals surface area contributed by atoms with Gasteiger partial charge in [0, 0.05) is 24.0 Å². The van der Waals surface area contributed by atoms with Gasteiger partial charge in [-0.05, 0) is 60.5 Å². The molecule has 3 aromatic rings. The fourth-order valence-corrected chi connectivity index (χ4v) is 5.62. The Morgan fingerprint density at radius 2 is 2.06 bits per heavy atom. The zero-order valence-electron chi connectivity index (χ0n) is 20.1. The molecule has 0 spiro atoms. The number of aliphatic hydroxyl groups excluding tert-OH is 1. The van der Waals surface area contributed by atoms with Gasteiger partial charge in [0.05, 0.1) is 18.7 Å². The minimum Gasteiger partial charge on any atom is -0.491 e. The predicted octanol–water partition coefficient (Wildman–Crippen LogP) is 4.71. The van der Waals surface area contributed by atoms with Gasteiger partial charge in [-0.15, -0.1) is 11.3 Å². The lowest BCUT2D eigenvalue weighted by atomic mass is 10.00. The summed E-state index contributed by atoms with van der Waals surface area (Å²) in [4.78, 5) is 18.7. The average Bonchev–Trinajstić information content (AvgIpc) is 3.32. The molecule has 1 aromatic heterocycles. The molecule has 2 aromatic carbocycles. The molecule has 0 radical (unpaired) electrons. The van der Waals surface area contributed by atoms with Crippen LogP contribution < -0.4 is 4.74 Å². The fourth-order valence-electron chi connectivity index (χ4n) is 4.69. The van der Waals surface area contributed by atoms with Crippen LogP contribution in [-0.4, -0.2) is 59.7 Å². The molecule has 2 heterocycles. The van der Waals surface area contributed by atoms with E-state index in [4.69, 9.17) is 4.74 Å². The van der Waals surface area contributed by atoms with Gasteiger partial charge in [0.25, 0.3) is 0 Å². The molecule has 186 valence electrons. The van der Waals surface area contributed by atoms with Gasteiger partial charge in [0.1, 0.15) is 18.2 Å². The van der Waals surface area contributed by atoms with Crippen LogP contribution in [0.15, 0.2) is 66.0 Å². The molecule has 0 saturated heterocycles. The number of amides is 1. The number of rotatable bonds is 11. The number of aliphatic hydroxyl groups is 1. The summed E-state index contributed by atoms with van der Waals surface area (Å²) in [7, 11) is 0. The van der Waals surface area contributed by atoms with E-state index < -0.39 is 6.10 Å². The SMILES string of the molecule is CCCN(CC(=O)N1CCc2sccc2[C@@H]1COc1cccc(F)c1)C[C@H](O)Cc1ccccc1. The number of hydrogen-bond acceptors (Lipinski definition) is 5. The molecule has 1 aliphatic rings. The number of carbonyl (C=O) groups is 1. The summed E-state index contributed by atoms with van der Waals surface area (Å²) in [6.07, 6.45) is 1.72. The van der Waals surface area contributed by atoms with E-state index in [1.807, 2.05) is 40.1 Å². The normalized spacial score (nSPS) is 16.2. The first kappa shape index (κ1) is 25.4. The maximum absolute atomic E-state index is 13.6. The maximum atomic E-state index is 13.6. The monoisotopic (exact) mass is 496 g/mol. The summed E-state index contributed by atoms with van der Waals surface area (Å²) < 4.78 is 19.5. The zero-order chi connectivity index (χ0) is 24.6. The third kappa shape index (κ3) is 6.90. The Bertz CT molecular complexity index is 1090. The van der Waals surface area contributed by atoms with Crippen LogP contribution in [-0.2, 0) is 17.6 Å². The molecule has 0 saturated carbocycles. The Labute approximate surface area is 210 Å². The van der Waals surface area contributed by atoms with Crippen LogP contribution in [0.5, 0.6) is 5.75 Å². The van der Waals surface area contributed by atoms with Gasteiger partial charge >= 0.3 is 0 Å². The van der Waals surface area contributed by atoms with Crippen LogP contribution in [0.1, 0.15) is 35.4 Å². The van der Waals surface area contributed by atoms with Crippen molar-refractivity contribution in [2.75, 3.05) is 32.8 Å². The van der Waals surface area contributed by atoms with Gasteiger partial charge in [-0.25, -0.2) is 4.39 Å². The van der Waals surface area contributed by atoms with Gasteiger partial charge in [-0.3, -0.25) is 9.69 Å². The van der Waals surface area contributed by atoms with Crippen molar-refractivity contribution in [3.05, 3.63) is 87.9 Å². The van der Waals surface area contributed by atoms with E-state index in [-0.39, 0.29) is 30.9 Å². The van der Waals surface area contributed by atoms with E-state index in [1.165, 1.54) is 17.0 Å². The number of thiophene rings is 1. The summed E-state index contributed by atoms with van der Waals surface area (Å²) in [5.41, 5.74) is 2.19. The smallest absolute Gasteiger partial charge is 0.237 e. The van der Waals surface area contributed by atoms with Gasteiger partial charge in [-0.1, -0.05) is 43.3 Å². The van der Waals surface area contributed by atoms with Gasteiger partial charge < -0.3 is 14.7 Å². The van der Waals surface area contributed by atoms with Crippen LogP contribution >= 0.6 is 11.3 Å². The van der Waals surface area contributed by atoms with Crippen LogP contribution in [0.3, 0.4) is 0 Å². The molecular formula is C28H33FN2O3S. The first-order chi connectivity index (χ1) is 17.0. The van der Waals surface area contributed by atoms with Crippen molar-refractivity contribution < 1.29 is 19.0 Å². The van der Waals surface area contributed by atoms with Crippen molar-refractivity contribution in [2.24, 2.45) is 0 Å². The first-order valence-electron chi connectivity index (χ1n) is 12.2. The Morgan fingerprint density at radius 1 is 1.23 bits per heavy atom. The molecule has 1 N–H and O–H groups in total. The highest BCUT2D eigenvalue weighted by atomic mass is 32.1. The van der Waals surface area contributed by atoms with E-state index in [2.05, 4.69) is 18.4 Å². The second-order valence-corrected chi connectivity index (χ2v) is 10.00. The summed E-state index contributed by atoms with van der Waals surface area (Å²) in [6, 6.07) is 17.8. The lowest BCUT2D eigenvalue weighted by Crippen LogP contribution is -2.48. The molecule has 0 fully saturated rings. The third-order valence-electron chi connectivity index (χ3n) is 6.30. The minimum absolute atomic E-state index is 0.0232. The molecule has 0 bridgehead atoms. The number of ether oxygens (including phenoxy) is 1. The molecule has 1 amide bonds. The molecule has 2 atom stereocenters. The van der Waals surface area contributed by atoms with Crippen molar-refractivity contribution in [2.45, 2.75) is 38.3 Å². The van der Waals surface area contributed by atoms with Crippen LogP contribution in [0, 0.1) is 5.82 Å². The number of benzene rings is 2. The predicted molar refractivity (Wildman–Crippen MR) is 137 cm³/mol. The molecule has 1 aliphatic heterocycles. The quantitative estimate of drug-likeness (QED) is 0.418. The highest BCUT2D eigenvalue weighted by Crippen LogP contribution is 2.34. The van der Waals surface area contributed by atoms with Crippen molar-refractivity contribution in [3.8, 4) is 5.75 Å². The standard InChI is InChI=1S/C28H33FN2O3S/c1-2-13-30(18-23(32)16-21-7-4-3-5-8-21)19-28(33)31-14-11-27-25(12-15-35-27)26(31)20-34-24-10-6-9-22(29)17-24/h3-10,12,15,17,23,26,32H,2,11,13-14,16,18-20H2,1H3/t23-,26+/m1/s1. The first-order valence-corrected chi connectivity index (χ1v) is 13.1. The van der Waals surface area contributed by atoms with E-state index in [1.54, 1.807) is 23.5 Å². The largest absolute Gasteiger partial charge is 0.491 e. The van der Waals surface area contributed by atoms with E-state index in [0.29, 0.717) is 25.3 Å². The second-order valence-electron chi connectivity index (χ2n) is 9.00. The zero-order valence-corrected chi connectivity index (χ0v) is 20.9. The lowest BCUT2D eigenvalue weighted by Gasteiger charge is -2.37. The molecule has 5 nitrogen and oxygen atoms in total. The molecule has 4 rings (SSSR count). The molecular weight excluding hydrogens is 463 g/mol. The number of fused-ring (bicyclic) bond motifs is 1. The Balaban J connectivity index is 1.42. The Hall–Kier alpha value is -2.74. The van der Waals surface area contributed by atoms with Crippen molar-refractivity contribution in [1.29, 1.82) is 0 Å². The highest BCUT2D eigenvalue weighted by molar-refractivity contribution is 7.10. The second kappa shape index (κ2) is 12.3. The fraction of sp³-hybridized carbons (Fsp3) is 0.393. The summed E-state index contributed by atoms with van der Waals surface area (Å²) in [6.45, 7) is 4.39. The van der Waals surface area contributed by atoms with Gasteiger partial charge in [0.2, 0.25) is 5.91 Å². The molecule has 7 heteroatoms. The maximum Gasteiger partial charge on any atom is 0.237 e. The van der Waals surface area contributed by atoms with Gasteiger partial charge in [0.15, 0.2) is 0 Å². The van der Waals surface area contributed by atoms with Crippen molar-refractivity contribution in [3.63, 3.8) is 0 Å². The summed E-state index contributed by atoms with van der Waals surface area (Å²) in [5, 5.41) is 12.7. The Morgan fingerprint density at radius 3 is 2.83 bits per heavy atom. The number of halogens is 1. The van der Waals surface area contributed by atoms with Crippen LogP contribution in [0.25, 0.3) is 0 Å². The van der Waals surface area contributed by atoms with Crippen LogP contribution in [0.2, 0.25) is 0 Å². The van der Waals surface area contributed by atoms with E-state index in [0.717, 1.165) is 30.5 Å². The minimum atomic E-state index is -0.548. The van der Waals surface area contributed by atoms with Crippen LogP contribution in [0.4, 0.5) is 4.39 Å². The number of hydrogen-bond donors (Lipinski definition) is 1. The van der Waals surface area contributed by atoms with E-state index in [9.17, 15) is 14.3 Å². The Kier molecular flexibility index (Phi) is 8.90. The molecule has 35 heavy (non-hydrogen) atoms. The highest BCUT2D eigenvalue weighted by Gasteiger charge is 2.33. The van der Waals surface area contributed by atoms with Crippen molar-refractivity contribution >= 4 is 17.2 Å². The van der Waals surface area contributed by atoms with Gasteiger partial charge in [-0.2, -0.15) is 0 Å². The van der Waals surface area contributed by atoms with E-state index >= 15 is 0 Å². The average molecular weight is 497 g/mol. The topological polar surface area (TPSA) is 53.0 Å². The lowest BCUT2D eigenvalue weighted by molar-refractivity contribution is -0.136. The van der Waals surface area contributed by atoms with Crippen molar-refractivity contribution in [1.82, 2.24) is 9.80 Å². The third-order valence-corrected chi connectivity index (χ3v) is 7.30.